The van der Waals surface area contributed by atoms with Gasteiger partial charge in [-0.05, 0) is 61.3 Å². The fraction of sp³-hybridized carbons (Fsp3) is 0.444. The van der Waals surface area contributed by atoms with Gasteiger partial charge in [0.15, 0.2) is 0 Å². The number of aromatic hydroxyl groups is 1. The van der Waals surface area contributed by atoms with E-state index in [1.54, 1.807) is 40.3 Å². The molecule has 3 aliphatic heterocycles. The van der Waals surface area contributed by atoms with Crippen LogP contribution in [0.5, 0.6) is 5.88 Å². The van der Waals surface area contributed by atoms with E-state index in [0.717, 1.165) is 24.0 Å². The van der Waals surface area contributed by atoms with Crippen LogP contribution in [0.3, 0.4) is 0 Å². The summed E-state index contributed by atoms with van der Waals surface area (Å²) in [5.41, 5.74) is 1.08. The van der Waals surface area contributed by atoms with Crippen molar-refractivity contribution < 1.29 is 33.8 Å². The summed E-state index contributed by atoms with van der Waals surface area (Å²) >= 11 is 1.25. The molecule has 5 heterocycles. The lowest BCUT2D eigenvalue weighted by atomic mass is 9.92. The first kappa shape index (κ1) is 27.8. The van der Waals surface area contributed by atoms with Crippen LogP contribution in [0, 0.1) is 0 Å². The molecule has 3 aromatic rings. The molecule has 0 bridgehead atoms. The molecule has 2 aromatic heterocycles. The number of likely N-dealkylation sites (tertiary alicyclic amines) is 1. The molecule has 216 valence electrons. The normalized spacial score (nSPS) is 23.3. The van der Waals surface area contributed by atoms with E-state index in [1.165, 1.54) is 17.7 Å². The topological polar surface area (TPSA) is 173 Å². The maximum absolute atomic E-state index is 13.7. The third kappa shape index (κ3) is 5.59. The van der Waals surface area contributed by atoms with Gasteiger partial charge in [-0.2, -0.15) is 0 Å². The second-order valence-electron chi connectivity index (χ2n) is 11.0. The van der Waals surface area contributed by atoms with E-state index in [-0.39, 0.29) is 35.8 Å². The zero-order valence-corrected chi connectivity index (χ0v) is 23.8. The summed E-state index contributed by atoms with van der Waals surface area (Å²) in [5, 5.41) is 13.6. The summed E-state index contributed by atoms with van der Waals surface area (Å²) in [5.74, 6) is -0.890. The fourth-order valence-corrected chi connectivity index (χ4v) is 7.81. The Bertz CT molecular complexity index is 1570. The zero-order valence-electron chi connectivity index (χ0n) is 22.0. The Balaban J connectivity index is 1.13. The summed E-state index contributed by atoms with van der Waals surface area (Å²) in [6, 6.07) is 5.32. The number of hydrogen-bond acceptors (Lipinski definition) is 8. The number of nitrogens with one attached hydrogen (secondary N) is 1. The summed E-state index contributed by atoms with van der Waals surface area (Å²) in [4.78, 5) is 70.6. The summed E-state index contributed by atoms with van der Waals surface area (Å²) in [7, 11) is -4.22. The van der Waals surface area contributed by atoms with Gasteiger partial charge in [0.1, 0.15) is 18.4 Å². The van der Waals surface area contributed by atoms with Gasteiger partial charge >= 0.3 is 7.60 Å². The van der Waals surface area contributed by atoms with Crippen molar-refractivity contribution >= 4 is 46.7 Å². The Hall–Kier alpha value is -3.38. The van der Waals surface area contributed by atoms with Crippen LogP contribution in [0.4, 0.5) is 0 Å². The summed E-state index contributed by atoms with van der Waals surface area (Å²) < 4.78 is 12.2. The van der Waals surface area contributed by atoms with E-state index in [2.05, 4.69) is 15.3 Å². The van der Waals surface area contributed by atoms with Gasteiger partial charge in [-0.25, -0.2) is 9.97 Å². The first-order valence-corrected chi connectivity index (χ1v) is 16.2. The number of rotatable bonds is 6. The molecule has 0 unspecified atom stereocenters. The number of fused-ring (bicyclic) bond motifs is 2. The van der Waals surface area contributed by atoms with E-state index < -0.39 is 25.6 Å². The van der Waals surface area contributed by atoms with Gasteiger partial charge in [0.25, 0.3) is 5.91 Å². The zero-order chi connectivity index (χ0) is 28.9. The Morgan fingerprint density at radius 2 is 1.93 bits per heavy atom. The van der Waals surface area contributed by atoms with Crippen LogP contribution in [0.2, 0.25) is 0 Å². The number of carbonyl (C=O) groups is 3. The van der Waals surface area contributed by atoms with Gasteiger partial charge in [-0.15, -0.1) is 11.3 Å². The molecule has 6 rings (SSSR count). The average Bonchev–Trinajstić information content (AvgIpc) is 3.47. The highest BCUT2D eigenvalue weighted by atomic mass is 32.1. The molecule has 0 radical (unpaired) electrons. The lowest BCUT2D eigenvalue weighted by Gasteiger charge is -2.42. The number of hydrogen-bond donors (Lipinski definition) is 4. The van der Waals surface area contributed by atoms with Crippen LogP contribution in [0.1, 0.15) is 58.8 Å². The van der Waals surface area contributed by atoms with Crippen molar-refractivity contribution in [2.24, 2.45) is 0 Å². The predicted molar refractivity (Wildman–Crippen MR) is 149 cm³/mol. The predicted octanol–water partition coefficient (Wildman–Crippen LogP) is 2.34. The lowest BCUT2D eigenvalue weighted by molar-refractivity contribution is -0.148. The minimum Gasteiger partial charge on any atom is -0.493 e. The molecule has 12 nitrogen and oxygen atoms in total. The highest BCUT2D eigenvalue weighted by Gasteiger charge is 2.47. The van der Waals surface area contributed by atoms with Crippen LogP contribution in [-0.2, 0) is 20.3 Å². The van der Waals surface area contributed by atoms with E-state index in [1.807, 2.05) is 0 Å². The van der Waals surface area contributed by atoms with Gasteiger partial charge in [-0.3, -0.25) is 18.9 Å². The van der Waals surface area contributed by atoms with Crippen molar-refractivity contribution in [3.8, 4) is 5.88 Å². The number of carbonyl (C=O) groups excluding carboxylic acids is 3. The Morgan fingerprint density at radius 3 is 2.68 bits per heavy atom. The van der Waals surface area contributed by atoms with E-state index in [0.29, 0.717) is 47.3 Å². The largest absolute Gasteiger partial charge is 0.493 e. The van der Waals surface area contributed by atoms with E-state index in [9.17, 15) is 33.8 Å². The molecule has 3 fully saturated rings. The Labute approximate surface area is 239 Å². The second-order valence-corrected chi connectivity index (χ2v) is 13.7. The van der Waals surface area contributed by atoms with Crippen molar-refractivity contribution in [3.05, 3.63) is 52.8 Å². The second kappa shape index (κ2) is 10.8. The van der Waals surface area contributed by atoms with Crippen molar-refractivity contribution in [1.29, 1.82) is 0 Å². The van der Waals surface area contributed by atoms with Crippen LogP contribution < -0.4 is 5.32 Å². The summed E-state index contributed by atoms with van der Waals surface area (Å²) in [6.07, 6.45) is 5.76. The van der Waals surface area contributed by atoms with Crippen LogP contribution in [0.25, 0.3) is 10.1 Å². The maximum atomic E-state index is 13.7. The van der Waals surface area contributed by atoms with Gasteiger partial charge in [0.05, 0.1) is 11.0 Å². The van der Waals surface area contributed by atoms with Gasteiger partial charge in [0, 0.05) is 41.5 Å². The molecule has 3 atom stereocenters. The quantitative estimate of drug-likeness (QED) is 0.310. The molecule has 0 aliphatic carbocycles. The molecule has 3 saturated heterocycles. The molecule has 3 aliphatic rings. The highest BCUT2D eigenvalue weighted by molar-refractivity contribution is 7.50. The number of benzene rings is 1. The number of thiophene rings is 1. The highest BCUT2D eigenvalue weighted by Crippen LogP contribution is 2.40. The Kier molecular flexibility index (Phi) is 7.31. The molecule has 0 saturated carbocycles. The number of amides is 3. The fourth-order valence-electron chi connectivity index (χ4n) is 6.20. The van der Waals surface area contributed by atoms with Crippen LogP contribution in [-0.4, -0.2) is 83.6 Å². The molecular formula is C27H30N5O7PS. The standard InChI is InChI=1S/C27H30N5O7PS/c33-24-19(10-28-14-29-24)17-11-31(12-17)27(36)21-6-5-18-2-1-3-20(26(35)32(18)21)30-25(34)23-9-16-8-15(13-40(37,38)39)4-7-22(16)41-23/h4,7-10,14,17-18,20-21H,1-3,5-6,11-13H2,(H,30,34)(H,28,29,33)(H2,37,38,39)/t18-,20-,21-/m0/s1. The van der Waals surface area contributed by atoms with Gasteiger partial charge < -0.3 is 30.0 Å². The molecule has 3 amide bonds. The van der Waals surface area contributed by atoms with Crippen molar-refractivity contribution in [1.82, 2.24) is 25.1 Å². The lowest BCUT2D eigenvalue weighted by Crippen LogP contribution is -2.58. The SMILES string of the molecule is O=C(N[C@H]1CCC[C@H]2CC[C@@H](C(=O)N3CC(c4cncnc4O)C3)N2C1=O)c1cc2cc(CP(=O)(O)O)ccc2s1. The van der Waals surface area contributed by atoms with Crippen LogP contribution in [0.15, 0.2) is 36.8 Å². The maximum Gasteiger partial charge on any atom is 0.329 e. The minimum atomic E-state index is -4.22. The third-order valence-electron chi connectivity index (χ3n) is 8.22. The smallest absolute Gasteiger partial charge is 0.329 e. The van der Waals surface area contributed by atoms with Crippen LogP contribution >= 0.6 is 18.9 Å². The summed E-state index contributed by atoms with van der Waals surface area (Å²) in [6.45, 7) is 0.843. The van der Waals surface area contributed by atoms with E-state index in [4.69, 9.17) is 0 Å². The minimum absolute atomic E-state index is 0.0428. The third-order valence-corrected chi connectivity index (χ3v) is 10.1. The Morgan fingerprint density at radius 1 is 1.12 bits per heavy atom. The number of nitrogens with zero attached hydrogens (tertiary/aromatic N) is 4. The van der Waals surface area contributed by atoms with Crippen molar-refractivity contribution in [3.63, 3.8) is 0 Å². The first-order valence-electron chi connectivity index (χ1n) is 13.5. The number of aromatic nitrogens is 2. The monoisotopic (exact) mass is 599 g/mol. The molecule has 4 N–H and O–H groups in total. The molecule has 41 heavy (non-hydrogen) atoms. The first-order chi connectivity index (χ1) is 19.6. The van der Waals surface area contributed by atoms with Crippen molar-refractivity contribution in [2.45, 2.75) is 62.3 Å². The van der Waals surface area contributed by atoms with Gasteiger partial charge in [-0.1, -0.05) is 6.07 Å². The molecule has 14 heteroatoms. The molecule has 1 aromatic carbocycles. The average molecular weight is 600 g/mol. The molecular weight excluding hydrogens is 569 g/mol. The van der Waals surface area contributed by atoms with E-state index >= 15 is 0 Å². The van der Waals surface area contributed by atoms with Crippen molar-refractivity contribution in [2.75, 3.05) is 13.1 Å². The van der Waals surface area contributed by atoms with Gasteiger partial charge in [0.2, 0.25) is 17.7 Å². The molecule has 0 spiro atoms.